The Morgan fingerprint density at radius 1 is 1.31 bits per heavy atom. The summed E-state index contributed by atoms with van der Waals surface area (Å²) in [5, 5.41) is 0. The fourth-order valence-electron chi connectivity index (χ4n) is 1.93. The molecule has 0 spiro atoms. The molecule has 0 radical (unpaired) electrons. The number of rotatable bonds is 3. The van der Waals surface area contributed by atoms with Crippen molar-refractivity contribution in [3.8, 4) is 0 Å². The van der Waals surface area contributed by atoms with Crippen LogP contribution in [0.4, 0.5) is 0 Å². The van der Waals surface area contributed by atoms with Gasteiger partial charge in [0.05, 0.1) is 0 Å². The number of esters is 1. The van der Waals surface area contributed by atoms with E-state index < -0.39 is 0 Å². The fourth-order valence-corrected chi connectivity index (χ4v) is 1.93. The van der Waals surface area contributed by atoms with Gasteiger partial charge in [-0.05, 0) is 25.3 Å². The summed E-state index contributed by atoms with van der Waals surface area (Å²) in [6, 6.07) is 10.3. The van der Waals surface area contributed by atoms with E-state index in [1.807, 2.05) is 31.2 Å². The first-order valence-electron chi connectivity index (χ1n) is 5.61. The topological polar surface area (TPSA) is 26.3 Å². The first-order valence-corrected chi connectivity index (χ1v) is 5.61. The summed E-state index contributed by atoms with van der Waals surface area (Å²) in [6.07, 6.45) is 6.03. The van der Waals surface area contributed by atoms with Crippen LogP contribution in [0.2, 0.25) is 0 Å². The SMILES string of the molecule is C[C@@]1(CCc2ccccc2)CC=CC(=O)O1. The van der Waals surface area contributed by atoms with Crippen LogP contribution in [0.15, 0.2) is 42.5 Å². The second kappa shape index (κ2) is 4.52. The maximum atomic E-state index is 11.2. The second-order valence-corrected chi connectivity index (χ2v) is 4.46. The highest BCUT2D eigenvalue weighted by Crippen LogP contribution is 2.26. The Kier molecular flexibility index (Phi) is 3.09. The quantitative estimate of drug-likeness (QED) is 0.726. The van der Waals surface area contributed by atoms with Gasteiger partial charge in [-0.2, -0.15) is 0 Å². The number of carbonyl (C=O) groups excluding carboxylic acids is 1. The van der Waals surface area contributed by atoms with Crippen molar-refractivity contribution in [1.29, 1.82) is 0 Å². The van der Waals surface area contributed by atoms with Crippen LogP contribution in [0, 0.1) is 0 Å². The molecule has 84 valence electrons. The van der Waals surface area contributed by atoms with Gasteiger partial charge < -0.3 is 4.74 Å². The number of carbonyl (C=O) groups is 1. The molecule has 0 unspecified atom stereocenters. The number of hydrogen-bond acceptors (Lipinski definition) is 2. The Morgan fingerprint density at radius 2 is 2.06 bits per heavy atom. The molecule has 0 N–H and O–H groups in total. The van der Waals surface area contributed by atoms with Gasteiger partial charge >= 0.3 is 5.97 Å². The van der Waals surface area contributed by atoms with Gasteiger partial charge in [0.2, 0.25) is 0 Å². The summed E-state index contributed by atoms with van der Waals surface area (Å²) in [5.74, 6) is -0.221. The van der Waals surface area contributed by atoms with Crippen molar-refractivity contribution in [3.05, 3.63) is 48.0 Å². The van der Waals surface area contributed by atoms with E-state index >= 15 is 0 Å². The van der Waals surface area contributed by atoms with Gasteiger partial charge in [-0.3, -0.25) is 0 Å². The lowest BCUT2D eigenvalue weighted by molar-refractivity contribution is -0.153. The molecule has 0 fully saturated rings. The van der Waals surface area contributed by atoms with Gasteiger partial charge in [-0.15, -0.1) is 0 Å². The highest BCUT2D eigenvalue weighted by molar-refractivity contribution is 5.83. The highest BCUT2D eigenvalue weighted by Gasteiger charge is 2.29. The number of ether oxygens (including phenoxy) is 1. The molecule has 1 aliphatic heterocycles. The van der Waals surface area contributed by atoms with Crippen molar-refractivity contribution < 1.29 is 9.53 Å². The smallest absolute Gasteiger partial charge is 0.330 e. The summed E-state index contributed by atoms with van der Waals surface area (Å²) >= 11 is 0. The van der Waals surface area contributed by atoms with Crippen LogP contribution in [0.25, 0.3) is 0 Å². The molecule has 0 saturated heterocycles. The Labute approximate surface area is 95.9 Å². The predicted molar refractivity (Wildman–Crippen MR) is 63.0 cm³/mol. The third kappa shape index (κ3) is 2.72. The van der Waals surface area contributed by atoms with Gasteiger partial charge in [0.25, 0.3) is 0 Å². The van der Waals surface area contributed by atoms with E-state index in [1.54, 1.807) is 0 Å². The van der Waals surface area contributed by atoms with Crippen molar-refractivity contribution in [2.24, 2.45) is 0 Å². The third-order valence-electron chi connectivity index (χ3n) is 2.94. The lowest BCUT2D eigenvalue weighted by Gasteiger charge is -2.30. The van der Waals surface area contributed by atoms with E-state index in [-0.39, 0.29) is 11.6 Å². The molecular formula is C14H16O2. The molecule has 1 aromatic rings. The van der Waals surface area contributed by atoms with Gasteiger partial charge in [-0.1, -0.05) is 36.4 Å². The molecule has 2 nitrogen and oxygen atoms in total. The van der Waals surface area contributed by atoms with E-state index in [1.165, 1.54) is 11.6 Å². The van der Waals surface area contributed by atoms with Crippen LogP contribution in [0.1, 0.15) is 25.3 Å². The van der Waals surface area contributed by atoms with Crippen molar-refractivity contribution in [2.45, 2.75) is 31.8 Å². The lowest BCUT2D eigenvalue weighted by atomic mass is 9.92. The van der Waals surface area contributed by atoms with Gasteiger partial charge in [0.1, 0.15) is 5.60 Å². The van der Waals surface area contributed by atoms with Crippen molar-refractivity contribution in [3.63, 3.8) is 0 Å². The first kappa shape index (κ1) is 10.9. The Balaban J connectivity index is 1.95. The van der Waals surface area contributed by atoms with Gasteiger partial charge in [-0.25, -0.2) is 4.79 Å². The van der Waals surface area contributed by atoms with Crippen molar-refractivity contribution in [1.82, 2.24) is 0 Å². The van der Waals surface area contributed by atoms with Crippen LogP contribution < -0.4 is 0 Å². The molecule has 1 aromatic carbocycles. The lowest BCUT2D eigenvalue weighted by Crippen LogP contribution is -2.33. The maximum Gasteiger partial charge on any atom is 0.330 e. The number of aryl methyl sites for hydroxylation is 1. The van der Waals surface area contributed by atoms with E-state index in [2.05, 4.69) is 12.1 Å². The zero-order valence-corrected chi connectivity index (χ0v) is 9.48. The van der Waals surface area contributed by atoms with Crippen LogP contribution in [-0.4, -0.2) is 11.6 Å². The Bertz CT molecular complexity index is 394. The number of cyclic esters (lactones) is 1. The molecule has 1 heterocycles. The van der Waals surface area contributed by atoms with Crippen LogP contribution in [-0.2, 0) is 16.0 Å². The average molecular weight is 216 g/mol. The largest absolute Gasteiger partial charge is 0.456 e. The molecule has 0 saturated carbocycles. The molecule has 2 rings (SSSR count). The fraction of sp³-hybridized carbons (Fsp3) is 0.357. The molecule has 2 heteroatoms. The molecule has 0 aliphatic carbocycles. The molecule has 1 atom stereocenters. The molecule has 0 bridgehead atoms. The molecular weight excluding hydrogens is 200 g/mol. The summed E-state index contributed by atoms with van der Waals surface area (Å²) in [6.45, 7) is 2.00. The van der Waals surface area contributed by atoms with E-state index in [9.17, 15) is 4.79 Å². The summed E-state index contributed by atoms with van der Waals surface area (Å²) in [4.78, 5) is 11.2. The van der Waals surface area contributed by atoms with E-state index in [0.29, 0.717) is 0 Å². The number of hydrogen-bond donors (Lipinski definition) is 0. The monoisotopic (exact) mass is 216 g/mol. The molecule has 16 heavy (non-hydrogen) atoms. The van der Waals surface area contributed by atoms with E-state index in [0.717, 1.165) is 19.3 Å². The summed E-state index contributed by atoms with van der Waals surface area (Å²) in [7, 11) is 0. The minimum absolute atomic E-state index is 0.221. The van der Waals surface area contributed by atoms with Crippen LogP contribution in [0.3, 0.4) is 0 Å². The third-order valence-corrected chi connectivity index (χ3v) is 2.94. The standard InChI is InChI=1S/C14H16O2/c1-14(10-5-8-13(15)16-14)11-9-12-6-3-2-4-7-12/h2-8H,9-11H2,1H3/t14-/m0/s1. The first-order chi connectivity index (χ1) is 7.68. The number of benzene rings is 1. The van der Waals surface area contributed by atoms with Crippen molar-refractivity contribution >= 4 is 5.97 Å². The minimum atomic E-state index is -0.332. The highest BCUT2D eigenvalue weighted by atomic mass is 16.6. The van der Waals surface area contributed by atoms with Crippen LogP contribution in [0.5, 0.6) is 0 Å². The average Bonchev–Trinajstić information content (AvgIpc) is 2.28. The van der Waals surface area contributed by atoms with Gasteiger partial charge in [0, 0.05) is 12.5 Å². The van der Waals surface area contributed by atoms with Crippen molar-refractivity contribution in [2.75, 3.05) is 0 Å². The zero-order chi connectivity index (χ0) is 11.4. The molecule has 0 aromatic heterocycles. The molecule has 0 amide bonds. The Morgan fingerprint density at radius 3 is 2.75 bits per heavy atom. The van der Waals surface area contributed by atoms with Gasteiger partial charge in [0.15, 0.2) is 0 Å². The second-order valence-electron chi connectivity index (χ2n) is 4.46. The summed E-state index contributed by atoms with van der Waals surface area (Å²) < 4.78 is 5.37. The summed E-state index contributed by atoms with van der Waals surface area (Å²) in [5.41, 5.74) is 0.955. The zero-order valence-electron chi connectivity index (χ0n) is 9.48. The van der Waals surface area contributed by atoms with Crippen LogP contribution >= 0.6 is 0 Å². The Hall–Kier alpha value is -1.57. The molecule has 1 aliphatic rings. The minimum Gasteiger partial charge on any atom is -0.456 e. The predicted octanol–water partition coefficient (Wildman–Crippen LogP) is 2.88. The normalized spacial score (nSPS) is 24.2. The van der Waals surface area contributed by atoms with E-state index in [4.69, 9.17) is 4.74 Å². The maximum absolute atomic E-state index is 11.2.